The maximum atomic E-state index is 12.6. The predicted molar refractivity (Wildman–Crippen MR) is 132 cm³/mol. The summed E-state index contributed by atoms with van der Waals surface area (Å²) in [5.74, 6) is 0.921. The van der Waals surface area contributed by atoms with Gasteiger partial charge in [0.05, 0.1) is 13.3 Å². The summed E-state index contributed by atoms with van der Waals surface area (Å²) in [6.07, 6.45) is 2.39. The molecular formula is C25H32N4O5. The molecule has 0 saturated heterocycles. The molecular weight excluding hydrogens is 436 g/mol. The highest BCUT2D eigenvalue weighted by Gasteiger charge is 2.12. The Labute approximate surface area is 199 Å². The lowest BCUT2D eigenvalue weighted by atomic mass is 10.1. The fourth-order valence-electron chi connectivity index (χ4n) is 3.20. The Kier molecular flexibility index (Phi) is 10.8. The lowest BCUT2D eigenvalue weighted by Gasteiger charge is -2.18. The van der Waals surface area contributed by atoms with E-state index in [0.717, 1.165) is 38.6 Å². The van der Waals surface area contributed by atoms with Crippen molar-refractivity contribution in [2.24, 2.45) is 0 Å². The van der Waals surface area contributed by atoms with Crippen LogP contribution in [0, 0.1) is 0 Å². The van der Waals surface area contributed by atoms with Gasteiger partial charge in [0.15, 0.2) is 5.76 Å². The maximum Gasteiger partial charge on any atom is 0.299 e. The van der Waals surface area contributed by atoms with Crippen LogP contribution >= 0.6 is 0 Å². The first kappa shape index (κ1) is 26.6. The van der Waals surface area contributed by atoms with Crippen molar-refractivity contribution < 1.29 is 23.8 Å². The summed E-state index contributed by atoms with van der Waals surface area (Å²) in [6.45, 7) is 7.43. The molecule has 0 atom stereocenters. The van der Waals surface area contributed by atoms with Crippen LogP contribution in [0.3, 0.4) is 0 Å². The van der Waals surface area contributed by atoms with Crippen molar-refractivity contribution in [2.45, 2.75) is 13.8 Å². The molecule has 1 aromatic heterocycles. The highest BCUT2D eigenvalue weighted by atomic mass is 16.5. The number of hydrogen-bond acceptors (Lipinski definition) is 8. The second kappa shape index (κ2) is 13.8. The van der Waals surface area contributed by atoms with Crippen LogP contribution < -0.4 is 15.4 Å². The molecule has 0 unspecified atom stereocenters. The molecule has 0 aliphatic rings. The molecule has 0 fully saturated rings. The van der Waals surface area contributed by atoms with Gasteiger partial charge in [-0.1, -0.05) is 38.1 Å². The smallest absolute Gasteiger partial charge is 0.299 e. The molecule has 34 heavy (non-hydrogen) atoms. The predicted octanol–water partition coefficient (Wildman–Crippen LogP) is 3.59. The molecule has 0 bridgehead atoms. The molecule has 3 rings (SSSR count). The summed E-state index contributed by atoms with van der Waals surface area (Å²) in [5.41, 5.74) is 2.48. The van der Waals surface area contributed by atoms with Gasteiger partial charge in [0.25, 0.3) is 11.9 Å². The minimum Gasteiger partial charge on any atom is -0.497 e. The van der Waals surface area contributed by atoms with Crippen LogP contribution in [-0.2, 0) is 0 Å². The number of oxazole rings is 1. The SMILES string of the molecule is CCN(CC)CCNC(=O)c1cc(Nc2ncc(-c3ccc(C=O)cc3)o2)cc(OC)c1.CO. The molecule has 0 radical (unpaired) electrons. The zero-order valence-corrected chi connectivity index (χ0v) is 20.0. The summed E-state index contributed by atoms with van der Waals surface area (Å²) in [7, 11) is 2.55. The van der Waals surface area contributed by atoms with E-state index in [4.69, 9.17) is 14.3 Å². The number of nitrogens with one attached hydrogen (secondary N) is 2. The van der Waals surface area contributed by atoms with Crippen molar-refractivity contribution in [1.82, 2.24) is 15.2 Å². The van der Waals surface area contributed by atoms with Crippen LogP contribution in [0.5, 0.6) is 5.75 Å². The van der Waals surface area contributed by atoms with Crippen LogP contribution in [0.4, 0.5) is 11.7 Å². The van der Waals surface area contributed by atoms with Crippen molar-refractivity contribution in [3.05, 3.63) is 59.8 Å². The summed E-state index contributed by atoms with van der Waals surface area (Å²) >= 11 is 0. The van der Waals surface area contributed by atoms with E-state index in [1.54, 1.807) is 55.8 Å². The summed E-state index contributed by atoms with van der Waals surface area (Å²) in [5, 5.41) is 13.0. The number of carbonyl (C=O) groups excluding carboxylic acids is 2. The first-order valence-corrected chi connectivity index (χ1v) is 11.0. The van der Waals surface area contributed by atoms with Gasteiger partial charge in [-0.25, -0.2) is 4.98 Å². The molecule has 9 heteroatoms. The number of rotatable bonds is 11. The molecule has 0 aliphatic carbocycles. The van der Waals surface area contributed by atoms with Crippen LogP contribution in [0.25, 0.3) is 11.3 Å². The van der Waals surface area contributed by atoms with Crippen molar-refractivity contribution in [3.8, 4) is 17.1 Å². The van der Waals surface area contributed by atoms with E-state index in [-0.39, 0.29) is 11.9 Å². The van der Waals surface area contributed by atoms with Gasteiger partial charge in [0.1, 0.15) is 12.0 Å². The molecule has 9 nitrogen and oxygen atoms in total. The second-order valence-electron chi connectivity index (χ2n) is 7.13. The Balaban J connectivity index is 0.00000199. The number of ether oxygens (including phenoxy) is 1. The van der Waals surface area contributed by atoms with Gasteiger partial charge < -0.3 is 29.8 Å². The van der Waals surface area contributed by atoms with Crippen molar-refractivity contribution in [1.29, 1.82) is 0 Å². The van der Waals surface area contributed by atoms with E-state index in [1.807, 2.05) is 0 Å². The van der Waals surface area contributed by atoms with Crippen molar-refractivity contribution in [2.75, 3.05) is 45.7 Å². The Morgan fingerprint density at radius 2 is 1.85 bits per heavy atom. The molecule has 1 heterocycles. The van der Waals surface area contributed by atoms with Gasteiger partial charge in [-0.15, -0.1) is 0 Å². The lowest BCUT2D eigenvalue weighted by Crippen LogP contribution is -2.34. The van der Waals surface area contributed by atoms with E-state index in [9.17, 15) is 9.59 Å². The number of aromatic nitrogens is 1. The number of nitrogens with zero attached hydrogens (tertiary/aromatic N) is 2. The lowest BCUT2D eigenvalue weighted by molar-refractivity contribution is 0.0948. The second-order valence-corrected chi connectivity index (χ2v) is 7.13. The normalized spacial score (nSPS) is 10.3. The van der Waals surface area contributed by atoms with Gasteiger partial charge in [0.2, 0.25) is 0 Å². The zero-order chi connectivity index (χ0) is 24.9. The van der Waals surface area contributed by atoms with E-state index in [1.165, 1.54) is 0 Å². The van der Waals surface area contributed by atoms with Crippen molar-refractivity contribution in [3.63, 3.8) is 0 Å². The number of aliphatic hydroxyl groups is 1. The third-order valence-electron chi connectivity index (χ3n) is 5.10. The quantitative estimate of drug-likeness (QED) is 0.366. The topological polar surface area (TPSA) is 117 Å². The average Bonchev–Trinajstić information content (AvgIpc) is 3.35. The number of hydrogen-bond donors (Lipinski definition) is 3. The van der Waals surface area contributed by atoms with E-state index in [0.29, 0.717) is 34.9 Å². The number of amides is 1. The number of aldehydes is 1. The summed E-state index contributed by atoms with van der Waals surface area (Å²) in [6, 6.07) is 12.5. The minimum atomic E-state index is -0.178. The highest BCUT2D eigenvalue weighted by Crippen LogP contribution is 2.27. The Bertz CT molecular complexity index is 1050. The number of anilines is 2. The number of benzene rings is 2. The maximum absolute atomic E-state index is 12.6. The van der Waals surface area contributed by atoms with E-state index in [2.05, 4.69) is 34.4 Å². The molecule has 0 aliphatic heterocycles. The van der Waals surface area contributed by atoms with Crippen LogP contribution in [0.2, 0.25) is 0 Å². The van der Waals surface area contributed by atoms with Gasteiger partial charge in [0, 0.05) is 48.6 Å². The first-order valence-electron chi connectivity index (χ1n) is 11.0. The number of carbonyl (C=O) groups is 2. The number of likely N-dealkylation sites (N-methyl/N-ethyl adjacent to an activating group) is 1. The van der Waals surface area contributed by atoms with Gasteiger partial charge >= 0.3 is 0 Å². The zero-order valence-electron chi connectivity index (χ0n) is 20.0. The standard InChI is InChI=1S/C24H28N4O4.CH4O/c1-4-28(5-2)11-10-25-23(30)19-12-20(14-21(13-19)31-3)27-24-26-15-22(32-24)18-8-6-17(16-29)7-9-18;1-2/h6-9,12-16H,4-5,10-11H2,1-3H3,(H,25,30)(H,26,27);2H,1H3. The van der Waals surface area contributed by atoms with Gasteiger partial charge in [-0.2, -0.15) is 0 Å². The summed E-state index contributed by atoms with van der Waals surface area (Å²) in [4.78, 5) is 30.0. The van der Waals surface area contributed by atoms with Crippen LogP contribution in [0.1, 0.15) is 34.6 Å². The molecule has 0 spiro atoms. The molecule has 1 amide bonds. The van der Waals surface area contributed by atoms with Gasteiger partial charge in [-0.3, -0.25) is 9.59 Å². The first-order chi connectivity index (χ1) is 16.6. The largest absolute Gasteiger partial charge is 0.497 e. The van der Waals surface area contributed by atoms with E-state index < -0.39 is 0 Å². The van der Waals surface area contributed by atoms with Gasteiger partial charge in [-0.05, 0) is 25.2 Å². The Morgan fingerprint density at radius 3 is 2.47 bits per heavy atom. The Morgan fingerprint density at radius 1 is 1.15 bits per heavy atom. The average molecular weight is 469 g/mol. The van der Waals surface area contributed by atoms with Crippen LogP contribution in [0.15, 0.2) is 53.1 Å². The molecule has 3 N–H and O–H groups in total. The third kappa shape index (κ3) is 7.43. The molecule has 3 aromatic rings. The minimum absolute atomic E-state index is 0.178. The Hall–Kier alpha value is -3.69. The molecule has 2 aromatic carbocycles. The molecule has 0 saturated carbocycles. The monoisotopic (exact) mass is 468 g/mol. The third-order valence-corrected chi connectivity index (χ3v) is 5.10. The molecule has 182 valence electrons. The highest BCUT2D eigenvalue weighted by molar-refractivity contribution is 5.95. The van der Waals surface area contributed by atoms with Crippen molar-refractivity contribution >= 4 is 23.9 Å². The number of aliphatic hydroxyl groups excluding tert-OH is 1. The van der Waals surface area contributed by atoms with Crippen LogP contribution in [-0.4, -0.2) is 67.6 Å². The fourth-order valence-corrected chi connectivity index (χ4v) is 3.20. The van der Waals surface area contributed by atoms with E-state index >= 15 is 0 Å². The number of methoxy groups -OCH3 is 1. The summed E-state index contributed by atoms with van der Waals surface area (Å²) < 4.78 is 11.1. The fraction of sp³-hybridized carbons (Fsp3) is 0.320.